The molecule has 4 nitrogen and oxygen atoms in total. The highest BCUT2D eigenvalue weighted by Gasteiger charge is 2.33. The number of methoxy groups -OCH3 is 1. The smallest absolute Gasteiger partial charge is 0.319 e. The Hall–Kier alpha value is -0.610. The Kier molecular flexibility index (Phi) is 6.35. The van der Waals surface area contributed by atoms with Gasteiger partial charge in [0.2, 0.25) is 0 Å². The van der Waals surface area contributed by atoms with E-state index in [-0.39, 0.29) is 5.97 Å². The first-order chi connectivity index (χ1) is 11.2. The van der Waals surface area contributed by atoms with Gasteiger partial charge in [0.05, 0.1) is 13.7 Å². The Labute approximate surface area is 141 Å². The van der Waals surface area contributed by atoms with Crippen molar-refractivity contribution in [3.8, 4) is 0 Å². The third-order valence-electron chi connectivity index (χ3n) is 5.98. The summed E-state index contributed by atoms with van der Waals surface area (Å²) >= 11 is 0. The van der Waals surface area contributed by atoms with E-state index in [0.717, 1.165) is 30.8 Å². The van der Waals surface area contributed by atoms with Gasteiger partial charge in [0.1, 0.15) is 0 Å². The number of hydrogen-bond acceptors (Lipinski definition) is 4. The molecule has 0 aromatic rings. The lowest BCUT2D eigenvalue weighted by Gasteiger charge is -2.38. The fourth-order valence-electron chi connectivity index (χ4n) is 4.55. The first kappa shape index (κ1) is 17.2. The molecule has 1 saturated heterocycles. The second kappa shape index (κ2) is 8.48. The Bertz CT molecular complexity index is 378. The van der Waals surface area contributed by atoms with Gasteiger partial charge >= 0.3 is 5.97 Å². The van der Waals surface area contributed by atoms with Crippen LogP contribution in [0.25, 0.3) is 0 Å². The van der Waals surface area contributed by atoms with Gasteiger partial charge in [-0.3, -0.25) is 9.69 Å². The number of esters is 1. The second-order valence-electron chi connectivity index (χ2n) is 8.16. The fraction of sp³-hybridized carbons (Fsp3) is 0.947. The maximum atomic E-state index is 11.6. The molecule has 3 rings (SSSR count). The number of carbonyl (C=O) groups excluding carboxylic acids is 1. The van der Waals surface area contributed by atoms with Gasteiger partial charge in [-0.25, -0.2) is 0 Å². The summed E-state index contributed by atoms with van der Waals surface area (Å²) in [5.41, 5.74) is 0. The zero-order valence-electron chi connectivity index (χ0n) is 14.8. The lowest BCUT2D eigenvalue weighted by Crippen LogP contribution is -2.51. The van der Waals surface area contributed by atoms with E-state index in [4.69, 9.17) is 4.74 Å². The van der Waals surface area contributed by atoms with Gasteiger partial charge in [-0.15, -0.1) is 0 Å². The highest BCUT2D eigenvalue weighted by atomic mass is 16.5. The van der Waals surface area contributed by atoms with Gasteiger partial charge < -0.3 is 10.1 Å². The Morgan fingerprint density at radius 1 is 1.04 bits per heavy atom. The van der Waals surface area contributed by atoms with Crippen LogP contribution in [0.5, 0.6) is 0 Å². The molecule has 0 spiro atoms. The molecule has 1 heterocycles. The average Bonchev–Trinajstić information content (AvgIpc) is 3.37. The summed E-state index contributed by atoms with van der Waals surface area (Å²) < 4.78 is 4.87. The van der Waals surface area contributed by atoms with E-state index in [1.807, 2.05) is 0 Å². The molecule has 0 bridgehead atoms. The highest BCUT2D eigenvalue weighted by molar-refractivity contribution is 5.71. The van der Waals surface area contributed by atoms with E-state index in [1.165, 1.54) is 71.4 Å². The molecule has 2 saturated carbocycles. The molecule has 1 N–H and O–H groups in total. The molecule has 2 aliphatic carbocycles. The molecule has 0 aromatic heterocycles. The largest absolute Gasteiger partial charge is 0.468 e. The topological polar surface area (TPSA) is 41.6 Å². The van der Waals surface area contributed by atoms with Gasteiger partial charge in [-0.1, -0.05) is 32.1 Å². The molecule has 0 radical (unpaired) electrons. The standard InChI is InChI=1S/C19H34N2O2/c1-23-19(22)14-21-12-17(9-15-7-8-15)10-18(13-21)20-11-16-5-3-2-4-6-16/h15-18,20H,2-14H2,1H3. The van der Waals surface area contributed by atoms with Crippen molar-refractivity contribution in [3.63, 3.8) is 0 Å². The summed E-state index contributed by atoms with van der Waals surface area (Å²) in [6.45, 7) is 3.71. The molecular formula is C19H34N2O2. The third kappa shape index (κ3) is 5.75. The van der Waals surface area contributed by atoms with Crippen LogP contribution in [0.3, 0.4) is 0 Å². The van der Waals surface area contributed by atoms with Crippen LogP contribution < -0.4 is 5.32 Å². The van der Waals surface area contributed by atoms with Crippen LogP contribution in [0, 0.1) is 17.8 Å². The number of likely N-dealkylation sites (tertiary alicyclic amines) is 1. The predicted molar refractivity (Wildman–Crippen MR) is 92.3 cm³/mol. The molecule has 23 heavy (non-hydrogen) atoms. The lowest BCUT2D eigenvalue weighted by molar-refractivity contribution is -0.142. The minimum atomic E-state index is -0.0943. The van der Waals surface area contributed by atoms with Crippen LogP contribution in [-0.4, -0.2) is 50.2 Å². The van der Waals surface area contributed by atoms with Crippen molar-refractivity contribution < 1.29 is 9.53 Å². The van der Waals surface area contributed by atoms with E-state index in [0.29, 0.717) is 12.6 Å². The number of nitrogens with zero attached hydrogens (tertiary/aromatic N) is 1. The van der Waals surface area contributed by atoms with Crippen molar-refractivity contribution >= 4 is 5.97 Å². The first-order valence-corrected chi connectivity index (χ1v) is 9.75. The fourth-order valence-corrected chi connectivity index (χ4v) is 4.55. The summed E-state index contributed by atoms with van der Waals surface area (Å²) in [7, 11) is 1.49. The highest BCUT2D eigenvalue weighted by Crippen LogP contribution is 2.37. The Morgan fingerprint density at radius 3 is 2.52 bits per heavy atom. The minimum Gasteiger partial charge on any atom is -0.468 e. The number of hydrogen-bond donors (Lipinski definition) is 1. The van der Waals surface area contributed by atoms with Crippen molar-refractivity contribution in [2.24, 2.45) is 17.8 Å². The monoisotopic (exact) mass is 322 g/mol. The SMILES string of the molecule is COC(=O)CN1CC(CC2CC2)CC(NCC2CCCCC2)C1. The number of rotatable bonds is 7. The van der Waals surface area contributed by atoms with Gasteiger partial charge in [0.25, 0.3) is 0 Å². The summed E-state index contributed by atoms with van der Waals surface area (Å²) in [5, 5.41) is 3.84. The predicted octanol–water partition coefficient (Wildman–Crippen LogP) is 2.82. The molecule has 132 valence electrons. The van der Waals surface area contributed by atoms with Crippen LogP contribution in [0.4, 0.5) is 0 Å². The molecule has 3 fully saturated rings. The molecule has 1 aliphatic heterocycles. The molecule has 2 atom stereocenters. The molecule has 0 amide bonds. The summed E-state index contributed by atoms with van der Waals surface area (Å²) in [6, 6.07) is 0.555. The maximum Gasteiger partial charge on any atom is 0.319 e. The number of carbonyl (C=O) groups is 1. The molecule has 3 aliphatic rings. The van der Waals surface area contributed by atoms with Crippen LogP contribution in [0.15, 0.2) is 0 Å². The first-order valence-electron chi connectivity index (χ1n) is 9.75. The number of ether oxygens (including phenoxy) is 1. The van der Waals surface area contributed by atoms with Crippen LogP contribution in [-0.2, 0) is 9.53 Å². The van der Waals surface area contributed by atoms with Crippen LogP contribution in [0.2, 0.25) is 0 Å². The lowest BCUT2D eigenvalue weighted by atomic mass is 9.87. The summed E-state index contributed by atoms with van der Waals surface area (Å²) in [5.74, 6) is 2.51. The van der Waals surface area contributed by atoms with Crippen molar-refractivity contribution in [1.82, 2.24) is 10.2 Å². The zero-order chi connectivity index (χ0) is 16.1. The van der Waals surface area contributed by atoms with Crippen molar-refractivity contribution in [3.05, 3.63) is 0 Å². The van der Waals surface area contributed by atoms with E-state index < -0.39 is 0 Å². The average molecular weight is 322 g/mol. The van der Waals surface area contributed by atoms with E-state index in [1.54, 1.807) is 0 Å². The maximum absolute atomic E-state index is 11.6. The number of nitrogens with one attached hydrogen (secondary N) is 1. The molecule has 2 unspecified atom stereocenters. The van der Waals surface area contributed by atoms with Crippen LogP contribution >= 0.6 is 0 Å². The normalized spacial score (nSPS) is 30.3. The molecular weight excluding hydrogens is 288 g/mol. The summed E-state index contributed by atoms with van der Waals surface area (Å²) in [6.07, 6.45) is 12.6. The van der Waals surface area contributed by atoms with Gasteiger partial charge in [0.15, 0.2) is 0 Å². The number of piperidine rings is 1. The quantitative estimate of drug-likeness (QED) is 0.732. The van der Waals surface area contributed by atoms with Crippen molar-refractivity contribution in [1.29, 1.82) is 0 Å². The van der Waals surface area contributed by atoms with E-state index >= 15 is 0 Å². The van der Waals surface area contributed by atoms with Crippen LogP contribution in [0.1, 0.15) is 57.8 Å². The Balaban J connectivity index is 1.48. The van der Waals surface area contributed by atoms with Gasteiger partial charge in [0, 0.05) is 19.1 Å². The van der Waals surface area contributed by atoms with Crippen molar-refractivity contribution in [2.75, 3.05) is 33.3 Å². The minimum absolute atomic E-state index is 0.0943. The third-order valence-corrected chi connectivity index (χ3v) is 5.98. The van der Waals surface area contributed by atoms with Gasteiger partial charge in [-0.05, 0) is 50.0 Å². The van der Waals surface area contributed by atoms with E-state index in [2.05, 4.69) is 10.2 Å². The van der Waals surface area contributed by atoms with Crippen molar-refractivity contribution in [2.45, 2.75) is 63.8 Å². The molecule has 0 aromatic carbocycles. The van der Waals surface area contributed by atoms with Gasteiger partial charge in [-0.2, -0.15) is 0 Å². The zero-order valence-corrected chi connectivity index (χ0v) is 14.8. The molecule has 4 heteroatoms. The summed E-state index contributed by atoms with van der Waals surface area (Å²) in [4.78, 5) is 14.0. The van der Waals surface area contributed by atoms with E-state index in [9.17, 15) is 4.79 Å². The second-order valence-corrected chi connectivity index (χ2v) is 8.16. The Morgan fingerprint density at radius 2 is 1.83 bits per heavy atom.